The van der Waals surface area contributed by atoms with Gasteiger partial charge in [0.25, 0.3) is 0 Å². The predicted molar refractivity (Wildman–Crippen MR) is 52.5 cm³/mol. The lowest BCUT2D eigenvalue weighted by atomic mass is 9.85. The summed E-state index contributed by atoms with van der Waals surface area (Å²) in [6.45, 7) is 6.33. The van der Waals surface area contributed by atoms with E-state index in [-0.39, 0.29) is 5.54 Å². The molecule has 2 heterocycles. The summed E-state index contributed by atoms with van der Waals surface area (Å²) >= 11 is 0. The molecule has 0 spiro atoms. The summed E-state index contributed by atoms with van der Waals surface area (Å²) in [5.41, 5.74) is 0.258. The molecule has 0 aromatic rings. The van der Waals surface area contributed by atoms with Gasteiger partial charge in [0.2, 0.25) is 0 Å². The summed E-state index contributed by atoms with van der Waals surface area (Å²) < 4.78 is 13.3. The maximum absolute atomic E-state index is 13.3. The molecule has 2 atom stereocenters. The molecular weight excluding hydrogens is 165 g/mol. The van der Waals surface area contributed by atoms with E-state index in [0.717, 1.165) is 13.0 Å². The molecule has 2 aliphatic heterocycles. The third-order valence-electron chi connectivity index (χ3n) is 3.55. The fraction of sp³-hybridized carbons (Fsp3) is 1.00. The quantitative estimate of drug-likeness (QED) is 0.639. The minimum Gasteiger partial charge on any atom is -0.295 e. The molecule has 13 heavy (non-hydrogen) atoms. The van der Waals surface area contributed by atoms with Gasteiger partial charge in [-0.15, -0.1) is 0 Å². The highest BCUT2D eigenvalue weighted by Crippen LogP contribution is 2.43. The zero-order valence-corrected chi connectivity index (χ0v) is 8.72. The van der Waals surface area contributed by atoms with Crippen molar-refractivity contribution < 1.29 is 4.39 Å². The fourth-order valence-corrected chi connectivity index (χ4v) is 3.30. The molecule has 0 N–H and O–H groups in total. The van der Waals surface area contributed by atoms with Crippen molar-refractivity contribution in [3.8, 4) is 0 Å². The van der Waals surface area contributed by atoms with Crippen molar-refractivity contribution in [2.45, 2.75) is 51.2 Å². The lowest BCUT2D eigenvalue weighted by molar-refractivity contribution is 0.163. The Morgan fingerprint density at radius 1 is 1.54 bits per heavy atom. The zero-order valence-electron chi connectivity index (χ0n) is 8.72. The van der Waals surface area contributed by atoms with E-state index in [4.69, 9.17) is 0 Å². The monoisotopic (exact) mass is 185 g/mol. The normalized spacial score (nSPS) is 40.2. The summed E-state index contributed by atoms with van der Waals surface area (Å²) in [5, 5.41) is 0. The number of alkyl halides is 1. The molecule has 2 heteroatoms. The smallest absolute Gasteiger partial charge is 0.115 e. The van der Waals surface area contributed by atoms with Gasteiger partial charge in [0, 0.05) is 12.1 Å². The Morgan fingerprint density at radius 2 is 2.31 bits per heavy atom. The minimum absolute atomic E-state index is 0.258. The first-order valence-corrected chi connectivity index (χ1v) is 5.51. The van der Waals surface area contributed by atoms with Crippen LogP contribution in [0.15, 0.2) is 0 Å². The summed E-state index contributed by atoms with van der Waals surface area (Å²) in [4.78, 5) is 2.40. The van der Waals surface area contributed by atoms with Gasteiger partial charge in [0.1, 0.15) is 6.17 Å². The molecule has 2 rings (SSSR count). The van der Waals surface area contributed by atoms with Crippen LogP contribution < -0.4 is 0 Å². The van der Waals surface area contributed by atoms with Gasteiger partial charge < -0.3 is 0 Å². The van der Waals surface area contributed by atoms with E-state index in [1.54, 1.807) is 0 Å². The molecule has 0 saturated carbocycles. The van der Waals surface area contributed by atoms with Crippen molar-refractivity contribution in [3.63, 3.8) is 0 Å². The first-order chi connectivity index (χ1) is 6.12. The average Bonchev–Trinajstić information content (AvgIpc) is 2.40. The largest absolute Gasteiger partial charge is 0.295 e. The van der Waals surface area contributed by atoms with Crippen molar-refractivity contribution >= 4 is 0 Å². The van der Waals surface area contributed by atoms with Crippen LogP contribution in [-0.4, -0.2) is 29.7 Å². The molecule has 0 aliphatic carbocycles. The summed E-state index contributed by atoms with van der Waals surface area (Å²) in [6.07, 6.45) is 3.93. The van der Waals surface area contributed by atoms with Gasteiger partial charge in [-0.2, -0.15) is 0 Å². The van der Waals surface area contributed by atoms with Crippen molar-refractivity contribution in [1.29, 1.82) is 0 Å². The van der Waals surface area contributed by atoms with Gasteiger partial charge in [0.15, 0.2) is 0 Å². The van der Waals surface area contributed by atoms with Crippen LogP contribution >= 0.6 is 0 Å². The zero-order chi connectivity index (χ0) is 9.47. The Bertz CT molecular complexity index is 193. The van der Waals surface area contributed by atoms with Gasteiger partial charge in [-0.3, -0.25) is 4.90 Å². The van der Waals surface area contributed by atoms with Crippen molar-refractivity contribution in [1.82, 2.24) is 4.90 Å². The number of rotatable bonds is 2. The van der Waals surface area contributed by atoms with E-state index >= 15 is 0 Å². The summed E-state index contributed by atoms with van der Waals surface area (Å²) in [5.74, 6) is 0.700. The maximum atomic E-state index is 13.3. The van der Waals surface area contributed by atoms with E-state index < -0.39 is 6.17 Å². The third kappa shape index (κ3) is 1.61. The minimum atomic E-state index is -0.556. The molecule has 76 valence electrons. The first-order valence-electron chi connectivity index (χ1n) is 5.51. The first kappa shape index (κ1) is 9.45. The number of halogens is 1. The molecule has 1 unspecified atom stereocenters. The van der Waals surface area contributed by atoms with Crippen molar-refractivity contribution in [3.05, 3.63) is 0 Å². The van der Waals surface area contributed by atoms with E-state index in [1.165, 1.54) is 19.3 Å². The molecular formula is C11H20FN. The number of hydrogen-bond donors (Lipinski definition) is 0. The number of fused-ring (bicyclic) bond motifs is 1. The average molecular weight is 185 g/mol. The highest BCUT2D eigenvalue weighted by atomic mass is 19.1. The molecule has 2 aliphatic rings. The molecule has 0 radical (unpaired) electrons. The fourth-order valence-electron chi connectivity index (χ4n) is 3.30. The van der Waals surface area contributed by atoms with E-state index in [9.17, 15) is 4.39 Å². The van der Waals surface area contributed by atoms with E-state index in [0.29, 0.717) is 12.5 Å². The van der Waals surface area contributed by atoms with Gasteiger partial charge in [0.05, 0.1) is 0 Å². The standard InChI is InChI=1S/C11H20FN/c1-9(2)6-11-4-3-5-13(11)8-10(12)7-11/h9-10H,3-8H2,1-2H3/t10-,11?/m0/s1. The Labute approximate surface area is 80.3 Å². The molecule has 0 bridgehead atoms. The molecule has 2 saturated heterocycles. The molecule has 0 aromatic carbocycles. The Balaban J connectivity index is 2.09. The number of hydrogen-bond acceptors (Lipinski definition) is 1. The van der Waals surface area contributed by atoms with Crippen LogP contribution in [0, 0.1) is 5.92 Å². The molecule has 0 amide bonds. The second-order valence-electron chi connectivity index (χ2n) is 5.17. The predicted octanol–water partition coefficient (Wildman–Crippen LogP) is 2.61. The Hall–Kier alpha value is -0.110. The van der Waals surface area contributed by atoms with Crippen LogP contribution in [0.3, 0.4) is 0 Å². The van der Waals surface area contributed by atoms with E-state index in [2.05, 4.69) is 18.7 Å². The Kier molecular flexibility index (Phi) is 2.35. The second-order valence-corrected chi connectivity index (χ2v) is 5.17. The van der Waals surface area contributed by atoms with Gasteiger partial charge in [-0.1, -0.05) is 13.8 Å². The Morgan fingerprint density at radius 3 is 3.00 bits per heavy atom. The van der Waals surface area contributed by atoms with Crippen LogP contribution in [-0.2, 0) is 0 Å². The third-order valence-corrected chi connectivity index (χ3v) is 3.55. The molecule has 1 nitrogen and oxygen atoms in total. The molecule has 0 aromatic heterocycles. The van der Waals surface area contributed by atoms with Crippen LogP contribution in [0.1, 0.15) is 39.5 Å². The maximum Gasteiger partial charge on any atom is 0.115 e. The van der Waals surface area contributed by atoms with Gasteiger partial charge >= 0.3 is 0 Å². The topological polar surface area (TPSA) is 3.24 Å². The summed E-state index contributed by atoms with van der Waals surface area (Å²) in [6, 6.07) is 0. The van der Waals surface area contributed by atoms with Crippen LogP contribution in [0.4, 0.5) is 4.39 Å². The second kappa shape index (κ2) is 3.23. The van der Waals surface area contributed by atoms with Gasteiger partial charge in [-0.25, -0.2) is 4.39 Å². The highest BCUT2D eigenvalue weighted by molar-refractivity contribution is 5.03. The number of nitrogens with zero attached hydrogens (tertiary/aromatic N) is 1. The van der Waals surface area contributed by atoms with Crippen LogP contribution in [0.25, 0.3) is 0 Å². The van der Waals surface area contributed by atoms with Crippen LogP contribution in [0.5, 0.6) is 0 Å². The van der Waals surface area contributed by atoms with E-state index in [1.807, 2.05) is 0 Å². The lowest BCUT2D eigenvalue weighted by Crippen LogP contribution is -2.39. The van der Waals surface area contributed by atoms with Gasteiger partial charge in [-0.05, 0) is 38.1 Å². The van der Waals surface area contributed by atoms with Crippen LogP contribution in [0.2, 0.25) is 0 Å². The highest BCUT2D eigenvalue weighted by Gasteiger charge is 2.48. The lowest BCUT2D eigenvalue weighted by Gasteiger charge is -2.33. The van der Waals surface area contributed by atoms with Crippen molar-refractivity contribution in [2.24, 2.45) is 5.92 Å². The molecule has 2 fully saturated rings. The SMILES string of the molecule is CC(C)CC12CCCN1C[C@@H](F)C2. The summed E-state index contributed by atoms with van der Waals surface area (Å²) in [7, 11) is 0. The van der Waals surface area contributed by atoms with Crippen molar-refractivity contribution in [2.75, 3.05) is 13.1 Å².